The Hall–Kier alpha value is -2.74. The minimum Gasteiger partial charge on any atom is -0.481 e. The predicted molar refractivity (Wildman–Crippen MR) is 89.0 cm³/mol. The second-order valence-corrected chi connectivity index (χ2v) is 5.71. The largest absolute Gasteiger partial charge is 0.481 e. The molecule has 0 spiro atoms. The molecule has 1 saturated heterocycles. The van der Waals surface area contributed by atoms with E-state index in [1.807, 2.05) is 6.07 Å². The zero-order valence-electron chi connectivity index (χ0n) is 13.4. The van der Waals surface area contributed by atoms with E-state index in [9.17, 15) is 10.1 Å². The van der Waals surface area contributed by atoms with Gasteiger partial charge >= 0.3 is 0 Å². The molecule has 1 aromatic heterocycles. The average molecular weight is 329 g/mol. The van der Waals surface area contributed by atoms with Crippen LogP contribution in [0.3, 0.4) is 0 Å². The molecule has 1 N–H and O–H groups in total. The molecule has 0 saturated carbocycles. The van der Waals surface area contributed by atoms with E-state index in [1.165, 1.54) is 6.07 Å². The van der Waals surface area contributed by atoms with E-state index >= 15 is 0 Å². The molecular formula is C16H19N5O3. The fraction of sp³-hybridized carbons (Fsp3) is 0.375. The molecule has 1 unspecified atom stereocenters. The maximum Gasteiger partial charge on any atom is 0.269 e. The fourth-order valence-electron chi connectivity index (χ4n) is 2.83. The number of rotatable bonds is 6. The summed E-state index contributed by atoms with van der Waals surface area (Å²) in [6, 6.07) is 8.73. The van der Waals surface area contributed by atoms with Crippen LogP contribution in [0.2, 0.25) is 0 Å². The molecule has 2 aromatic rings. The molecule has 2 heterocycles. The molecule has 24 heavy (non-hydrogen) atoms. The Balaban J connectivity index is 1.57. The van der Waals surface area contributed by atoms with Crippen molar-refractivity contribution in [3.8, 4) is 5.88 Å². The van der Waals surface area contributed by atoms with Gasteiger partial charge in [0.25, 0.3) is 5.69 Å². The normalized spacial score (nSPS) is 17.6. The summed E-state index contributed by atoms with van der Waals surface area (Å²) in [4.78, 5) is 21.2. The quantitative estimate of drug-likeness (QED) is 0.640. The first-order chi connectivity index (χ1) is 11.6. The minimum atomic E-state index is -0.363. The van der Waals surface area contributed by atoms with Gasteiger partial charge in [-0.2, -0.15) is 4.98 Å². The molecule has 1 fully saturated rings. The highest BCUT2D eigenvalue weighted by Gasteiger charge is 2.23. The van der Waals surface area contributed by atoms with Crippen molar-refractivity contribution in [2.75, 3.05) is 25.5 Å². The Morgan fingerprint density at radius 2 is 2.33 bits per heavy atom. The summed E-state index contributed by atoms with van der Waals surface area (Å²) in [6.45, 7) is 2.45. The van der Waals surface area contributed by atoms with Crippen molar-refractivity contribution in [2.24, 2.45) is 0 Å². The van der Waals surface area contributed by atoms with Gasteiger partial charge in [-0.1, -0.05) is 12.1 Å². The smallest absolute Gasteiger partial charge is 0.269 e. The molecule has 1 aliphatic rings. The zero-order chi connectivity index (χ0) is 16.9. The van der Waals surface area contributed by atoms with E-state index in [1.54, 1.807) is 31.5 Å². The number of anilines is 1. The molecule has 0 radical (unpaired) electrons. The third-order valence-corrected chi connectivity index (χ3v) is 3.97. The van der Waals surface area contributed by atoms with Crippen LogP contribution in [0.4, 0.5) is 11.6 Å². The van der Waals surface area contributed by atoms with E-state index < -0.39 is 0 Å². The van der Waals surface area contributed by atoms with Gasteiger partial charge in [0.1, 0.15) is 0 Å². The summed E-state index contributed by atoms with van der Waals surface area (Å²) in [6.07, 6.45) is 2.62. The van der Waals surface area contributed by atoms with Crippen LogP contribution in [0, 0.1) is 10.1 Å². The first kappa shape index (κ1) is 16.1. The lowest BCUT2D eigenvalue weighted by molar-refractivity contribution is -0.384. The van der Waals surface area contributed by atoms with Crippen LogP contribution >= 0.6 is 0 Å². The molecule has 1 aromatic carbocycles. The van der Waals surface area contributed by atoms with Crippen LogP contribution in [0.5, 0.6) is 5.88 Å². The van der Waals surface area contributed by atoms with Crippen molar-refractivity contribution in [3.05, 3.63) is 52.2 Å². The number of hydrogen-bond acceptors (Lipinski definition) is 7. The number of nitro benzene ring substituents is 1. The van der Waals surface area contributed by atoms with Gasteiger partial charge in [-0.3, -0.25) is 15.0 Å². The SMILES string of the molecule is COc1ccnc(NC2CCN(Cc3cccc([N+](=O)[O-])c3)C2)n1. The van der Waals surface area contributed by atoms with Gasteiger partial charge in [-0.15, -0.1) is 0 Å². The van der Waals surface area contributed by atoms with Crippen molar-refractivity contribution in [1.29, 1.82) is 0 Å². The Kier molecular flexibility index (Phi) is 4.85. The van der Waals surface area contributed by atoms with Crippen LogP contribution in [0.15, 0.2) is 36.5 Å². The number of hydrogen-bond donors (Lipinski definition) is 1. The number of ether oxygens (including phenoxy) is 1. The van der Waals surface area contributed by atoms with Gasteiger partial charge in [-0.05, 0) is 12.0 Å². The van der Waals surface area contributed by atoms with Crippen LogP contribution in [-0.4, -0.2) is 46.0 Å². The van der Waals surface area contributed by atoms with Crippen molar-refractivity contribution >= 4 is 11.6 Å². The topological polar surface area (TPSA) is 93.4 Å². The molecule has 3 rings (SSSR count). The van der Waals surface area contributed by atoms with E-state index in [-0.39, 0.29) is 16.7 Å². The number of non-ortho nitro benzene ring substituents is 1. The third-order valence-electron chi connectivity index (χ3n) is 3.97. The molecule has 0 bridgehead atoms. The van der Waals surface area contributed by atoms with E-state index in [4.69, 9.17) is 4.74 Å². The molecule has 0 aliphatic carbocycles. The van der Waals surface area contributed by atoms with Gasteiger partial charge in [-0.25, -0.2) is 4.98 Å². The van der Waals surface area contributed by atoms with Crippen molar-refractivity contribution in [2.45, 2.75) is 19.0 Å². The molecule has 8 nitrogen and oxygen atoms in total. The fourth-order valence-corrected chi connectivity index (χ4v) is 2.83. The van der Waals surface area contributed by atoms with Gasteiger partial charge in [0.2, 0.25) is 11.8 Å². The van der Waals surface area contributed by atoms with Crippen LogP contribution in [-0.2, 0) is 6.54 Å². The average Bonchev–Trinajstić information content (AvgIpc) is 3.02. The maximum atomic E-state index is 10.9. The molecule has 1 atom stereocenters. The number of nitrogens with zero attached hydrogens (tertiary/aromatic N) is 4. The molecule has 1 aliphatic heterocycles. The van der Waals surface area contributed by atoms with Gasteiger partial charge in [0.05, 0.1) is 12.0 Å². The highest BCUT2D eigenvalue weighted by Crippen LogP contribution is 2.19. The number of aromatic nitrogens is 2. The summed E-state index contributed by atoms with van der Waals surface area (Å²) in [5, 5.41) is 14.2. The monoisotopic (exact) mass is 329 g/mol. The summed E-state index contributed by atoms with van der Waals surface area (Å²) >= 11 is 0. The number of nitro groups is 1. The third kappa shape index (κ3) is 3.96. The number of methoxy groups -OCH3 is 1. The highest BCUT2D eigenvalue weighted by atomic mass is 16.6. The summed E-state index contributed by atoms with van der Waals surface area (Å²) in [5.41, 5.74) is 1.08. The number of benzene rings is 1. The molecule has 0 amide bonds. The first-order valence-electron chi connectivity index (χ1n) is 7.73. The zero-order valence-corrected chi connectivity index (χ0v) is 13.4. The van der Waals surface area contributed by atoms with E-state index in [0.717, 1.165) is 25.1 Å². The van der Waals surface area contributed by atoms with Crippen molar-refractivity contribution in [1.82, 2.24) is 14.9 Å². The Bertz CT molecular complexity index is 724. The lowest BCUT2D eigenvalue weighted by atomic mass is 10.2. The number of nitrogens with one attached hydrogen (secondary N) is 1. The predicted octanol–water partition coefficient (Wildman–Crippen LogP) is 2.08. The maximum absolute atomic E-state index is 10.9. The summed E-state index contributed by atoms with van der Waals surface area (Å²) < 4.78 is 5.09. The molecule has 8 heteroatoms. The van der Waals surface area contributed by atoms with E-state index in [0.29, 0.717) is 18.4 Å². The summed E-state index contributed by atoms with van der Waals surface area (Å²) in [7, 11) is 1.57. The van der Waals surface area contributed by atoms with E-state index in [2.05, 4.69) is 20.2 Å². The highest BCUT2D eigenvalue weighted by molar-refractivity contribution is 5.34. The standard InChI is InChI=1S/C16H19N5O3/c1-24-15-5-7-17-16(19-15)18-13-6-8-20(11-13)10-12-3-2-4-14(9-12)21(22)23/h2-5,7,9,13H,6,8,10-11H2,1H3,(H,17,18,19). The first-order valence-corrected chi connectivity index (χ1v) is 7.73. The van der Waals surface area contributed by atoms with Crippen molar-refractivity contribution in [3.63, 3.8) is 0 Å². The van der Waals surface area contributed by atoms with Crippen molar-refractivity contribution < 1.29 is 9.66 Å². The van der Waals surface area contributed by atoms with Crippen LogP contribution in [0.1, 0.15) is 12.0 Å². The Morgan fingerprint density at radius 3 is 3.12 bits per heavy atom. The Labute approximate surface area is 139 Å². The molecule has 126 valence electrons. The Morgan fingerprint density at radius 1 is 1.46 bits per heavy atom. The van der Waals surface area contributed by atoms with Gasteiger partial charge < -0.3 is 10.1 Å². The second-order valence-electron chi connectivity index (χ2n) is 5.71. The number of likely N-dealkylation sites (tertiary alicyclic amines) is 1. The molecular weight excluding hydrogens is 310 g/mol. The van der Waals surface area contributed by atoms with Crippen LogP contribution in [0.25, 0.3) is 0 Å². The van der Waals surface area contributed by atoms with Gasteiger partial charge in [0.15, 0.2) is 0 Å². The summed E-state index contributed by atoms with van der Waals surface area (Å²) in [5.74, 6) is 1.08. The minimum absolute atomic E-state index is 0.131. The van der Waals surface area contributed by atoms with Gasteiger partial charge in [0, 0.05) is 50.1 Å². The van der Waals surface area contributed by atoms with Crippen LogP contribution < -0.4 is 10.1 Å². The lowest BCUT2D eigenvalue weighted by Crippen LogP contribution is -2.26. The lowest BCUT2D eigenvalue weighted by Gasteiger charge is -2.16. The second kappa shape index (κ2) is 7.22.